The minimum atomic E-state index is 0.0439. The Morgan fingerprint density at radius 3 is 2.50 bits per heavy atom. The maximum atomic E-state index is 11.7. The monoisotopic (exact) mass is 304 g/mol. The Balaban J connectivity index is 1.66. The van der Waals surface area contributed by atoms with Gasteiger partial charge in [0, 0.05) is 31.0 Å². The van der Waals surface area contributed by atoms with Gasteiger partial charge in [0.2, 0.25) is 5.91 Å². The van der Waals surface area contributed by atoms with Crippen LogP contribution in [0.2, 0.25) is 0 Å². The molecule has 2 N–H and O–H groups in total. The quantitative estimate of drug-likeness (QED) is 0.719. The molecule has 122 valence electrons. The predicted molar refractivity (Wildman–Crippen MR) is 92.6 cm³/mol. The van der Waals surface area contributed by atoms with Gasteiger partial charge in [-0.25, -0.2) is 0 Å². The highest BCUT2D eigenvalue weighted by Crippen LogP contribution is 2.21. The summed E-state index contributed by atoms with van der Waals surface area (Å²) in [6, 6.07) is 8.35. The van der Waals surface area contributed by atoms with E-state index in [0.29, 0.717) is 6.54 Å². The van der Waals surface area contributed by atoms with Gasteiger partial charge in [-0.05, 0) is 64.2 Å². The molecule has 0 atom stereocenters. The van der Waals surface area contributed by atoms with Crippen molar-refractivity contribution in [3.8, 4) is 0 Å². The van der Waals surface area contributed by atoms with Crippen LogP contribution in [0.1, 0.15) is 19.3 Å². The lowest BCUT2D eigenvalue weighted by molar-refractivity contribution is -0.119. The molecule has 1 saturated heterocycles. The first-order valence-electron chi connectivity index (χ1n) is 8.15. The summed E-state index contributed by atoms with van der Waals surface area (Å²) in [7, 11) is 4.07. The van der Waals surface area contributed by atoms with Crippen LogP contribution in [-0.2, 0) is 4.79 Å². The lowest BCUT2D eigenvalue weighted by Gasteiger charge is -2.18. The molecule has 0 spiro atoms. The van der Waals surface area contributed by atoms with Gasteiger partial charge in [-0.3, -0.25) is 4.79 Å². The van der Waals surface area contributed by atoms with Crippen LogP contribution < -0.4 is 15.5 Å². The fourth-order valence-corrected chi connectivity index (χ4v) is 2.63. The van der Waals surface area contributed by atoms with Crippen LogP contribution in [0.3, 0.4) is 0 Å². The van der Waals surface area contributed by atoms with Crippen LogP contribution in [0, 0.1) is 0 Å². The van der Waals surface area contributed by atoms with E-state index in [4.69, 9.17) is 0 Å². The zero-order valence-electron chi connectivity index (χ0n) is 13.8. The molecule has 2 rings (SSSR count). The molecule has 1 amide bonds. The molecular weight excluding hydrogens is 276 g/mol. The second-order valence-electron chi connectivity index (χ2n) is 6.10. The number of carbonyl (C=O) groups is 1. The van der Waals surface area contributed by atoms with Gasteiger partial charge in [-0.2, -0.15) is 0 Å². The third-order valence-corrected chi connectivity index (χ3v) is 3.90. The van der Waals surface area contributed by atoms with Gasteiger partial charge in [-0.1, -0.05) is 0 Å². The molecule has 0 saturated carbocycles. The molecule has 0 radical (unpaired) electrons. The van der Waals surface area contributed by atoms with Crippen molar-refractivity contribution < 1.29 is 4.79 Å². The van der Waals surface area contributed by atoms with Gasteiger partial charge >= 0.3 is 0 Å². The van der Waals surface area contributed by atoms with Crippen molar-refractivity contribution in [3.63, 3.8) is 0 Å². The van der Waals surface area contributed by atoms with Gasteiger partial charge in [0.25, 0.3) is 0 Å². The number of hydrogen-bond donors (Lipinski definition) is 2. The summed E-state index contributed by atoms with van der Waals surface area (Å²) in [5.74, 6) is 0.0439. The number of carbonyl (C=O) groups excluding carboxylic acids is 1. The average Bonchev–Trinajstić information content (AvgIpc) is 3.04. The Labute approximate surface area is 133 Å². The van der Waals surface area contributed by atoms with Crippen molar-refractivity contribution in [3.05, 3.63) is 24.3 Å². The van der Waals surface area contributed by atoms with Crippen molar-refractivity contribution in [2.24, 2.45) is 0 Å². The number of nitrogens with one attached hydrogen (secondary N) is 2. The summed E-state index contributed by atoms with van der Waals surface area (Å²) >= 11 is 0. The Morgan fingerprint density at radius 2 is 1.86 bits per heavy atom. The summed E-state index contributed by atoms with van der Waals surface area (Å²) in [5, 5.41) is 6.10. The van der Waals surface area contributed by atoms with E-state index in [1.165, 1.54) is 18.5 Å². The predicted octanol–water partition coefficient (Wildman–Crippen LogP) is 1.77. The summed E-state index contributed by atoms with van der Waals surface area (Å²) in [6.07, 6.45) is 3.55. The number of hydrogen-bond acceptors (Lipinski definition) is 4. The number of anilines is 2. The van der Waals surface area contributed by atoms with Crippen molar-refractivity contribution in [1.29, 1.82) is 0 Å². The van der Waals surface area contributed by atoms with Gasteiger partial charge in [-0.15, -0.1) is 0 Å². The molecule has 0 unspecified atom stereocenters. The van der Waals surface area contributed by atoms with Crippen LogP contribution in [0.25, 0.3) is 0 Å². The lowest BCUT2D eigenvalue weighted by atomic mass is 10.2. The standard InChI is InChI=1S/C17H28N4O/c1-20(2)11-5-10-18-17(22)14-19-15-6-8-16(9-7-15)21-12-3-4-13-21/h6-9,19H,3-5,10-14H2,1-2H3,(H,18,22). The molecule has 1 aliphatic heterocycles. The van der Waals surface area contributed by atoms with Crippen molar-refractivity contribution in [2.75, 3.05) is 57.0 Å². The SMILES string of the molecule is CN(C)CCCNC(=O)CNc1ccc(N2CCCC2)cc1. The first-order valence-corrected chi connectivity index (χ1v) is 8.15. The zero-order valence-corrected chi connectivity index (χ0v) is 13.8. The molecule has 0 bridgehead atoms. The number of amides is 1. The molecule has 1 heterocycles. The Morgan fingerprint density at radius 1 is 1.18 bits per heavy atom. The lowest BCUT2D eigenvalue weighted by Crippen LogP contribution is -2.31. The average molecular weight is 304 g/mol. The second-order valence-corrected chi connectivity index (χ2v) is 6.10. The minimum Gasteiger partial charge on any atom is -0.376 e. The van der Waals surface area contributed by atoms with Gasteiger partial charge in [0.1, 0.15) is 0 Å². The highest BCUT2D eigenvalue weighted by molar-refractivity contribution is 5.80. The maximum Gasteiger partial charge on any atom is 0.239 e. The fraction of sp³-hybridized carbons (Fsp3) is 0.588. The summed E-state index contributed by atoms with van der Waals surface area (Å²) in [5.41, 5.74) is 2.27. The molecule has 1 fully saturated rings. The van der Waals surface area contributed by atoms with E-state index >= 15 is 0 Å². The largest absolute Gasteiger partial charge is 0.376 e. The van der Waals surface area contributed by atoms with Crippen LogP contribution in [-0.4, -0.2) is 57.6 Å². The van der Waals surface area contributed by atoms with Crippen LogP contribution in [0.15, 0.2) is 24.3 Å². The van der Waals surface area contributed by atoms with Gasteiger partial charge < -0.3 is 20.4 Å². The summed E-state index contributed by atoms with van der Waals surface area (Å²) < 4.78 is 0. The van der Waals surface area contributed by atoms with E-state index in [-0.39, 0.29) is 5.91 Å². The first-order chi connectivity index (χ1) is 10.6. The Kier molecular flexibility index (Phi) is 6.52. The molecule has 5 nitrogen and oxygen atoms in total. The first kappa shape index (κ1) is 16.6. The molecule has 1 aromatic carbocycles. The molecule has 22 heavy (non-hydrogen) atoms. The normalized spacial score (nSPS) is 14.4. The number of rotatable bonds is 8. The molecule has 5 heteroatoms. The van der Waals surface area contributed by atoms with Crippen molar-refractivity contribution >= 4 is 17.3 Å². The van der Waals surface area contributed by atoms with E-state index in [9.17, 15) is 4.79 Å². The third kappa shape index (κ3) is 5.56. The smallest absolute Gasteiger partial charge is 0.239 e. The van der Waals surface area contributed by atoms with E-state index in [2.05, 4.69) is 32.6 Å². The number of nitrogens with zero attached hydrogens (tertiary/aromatic N) is 2. The fourth-order valence-electron chi connectivity index (χ4n) is 2.63. The van der Waals surface area contributed by atoms with E-state index in [0.717, 1.165) is 38.3 Å². The molecule has 1 aliphatic rings. The topological polar surface area (TPSA) is 47.6 Å². The highest BCUT2D eigenvalue weighted by Gasteiger charge is 2.11. The van der Waals surface area contributed by atoms with E-state index in [1.807, 2.05) is 26.2 Å². The van der Waals surface area contributed by atoms with Crippen LogP contribution in [0.5, 0.6) is 0 Å². The zero-order chi connectivity index (χ0) is 15.8. The molecule has 1 aromatic rings. The molecule has 0 aromatic heterocycles. The highest BCUT2D eigenvalue weighted by atomic mass is 16.1. The minimum absolute atomic E-state index is 0.0439. The summed E-state index contributed by atoms with van der Waals surface area (Å²) in [6.45, 7) is 4.35. The van der Waals surface area contributed by atoms with Crippen molar-refractivity contribution in [2.45, 2.75) is 19.3 Å². The van der Waals surface area contributed by atoms with Gasteiger partial charge in [0.05, 0.1) is 6.54 Å². The third-order valence-electron chi connectivity index (χ3n) is 3.90. The Hall–Kier alpha value is -1.75. The summed E-state index contributed by atoms with van der Waals surface area (Å²) in [4.78, 5) is 16.3. The van der Waals surface area contributed by atoms with E-state index < -0.39 is 0 Å². The van der Waals surface area contributed by atoms with Gasteiger partial charge in [0.15, 0.2) is 0 Å². The number of benzene rings is 1. The van der Waals surface area contributed by atoms with Crippen LogP contribution >= 0.6 is 0 Å². The second kappa shape index (κ2) is 8.63. The Bertz CT molecular complexity index is 452. The van der Waals surface area contributed by atoms with Crippen LogP contribution in [0.4, 0.5) is 11.4 Å². The molecular formula is C17H28N4O. The van der Waals surface area contributed by atoms with E-state index in [1.54, 1.807) is 0 Å². The van der Waals surface area contributed by atoms with Crippen molar-refractivity contribution in [1.82, 2.24) is 10.2 Å². The maximum absolute atomic E-state index is 11.7. The molecule has 0 aliphatic carbocycles.